The molecule has 0 unspecified atom stereocenters. The largest absolute Gasteiger partial charge is 0.462 e. The number of rotatable bonds is 4. The van der Waals surface area contributed by atoms with Crippen LogP contribution in [-0.2, 0) is 9.53 Å². The van der Waals surface area contributed by atoms with Crippen LogP contribution in [0, 0.1) is 18.3 Å². The van der Waals surface area contributed by atoms with Crippen molar-refractivity contribution in [3.8, 4) is 6.07 Å². The van der Waals surface area contributed by atoms with E-state index in [1.54, 1.807) is 19.1 Å². The van der Waals surface area contributed by atoms with Crippen molar-refractivity contribution >= 4 is 11.8 Å². The van der Waals surface area contributed by atoms with E-state index in [1.807, 2.05) is 6.92 Å². The number of nitriles is 1. The summed E-state index contributed by atoms with van der Waals surface area (Å²) in [5.41, 5.74) is 0.785. The fourth-order valence-corrected chi connectivity index (χ4v) is 0.984. The molecule has 1 heterocycles. The van der Waals surface area contributed by atoms with Crippen LogP contribution in [0.2, 0.25) is 0 Å². The molecule has 0 aliphatic rings. The number of nitrogens with one attached hydrogen (secondary N) is 2. The molecular formula is C10H12N4O2. The molecule has 0 aromatic carbocycles. The topological polar surface area (TPSA) is 90.8 Å². The molecule has 0 radical (unpaired) electrons. The average molecular weight is 220 g/mol. The number of carbonyl (C=O) groups is 1. The van der Waals surface area contributed by atoms with Gasteiger partial charge in [-0.25, -0.2) is 4.79 Å². The first kappa shape index (κ1) is 11.8. The lowest BCUT2D eigenvalue weighted by Crippen LogP contribution is -2.07. The Morgan fingerprint density at radius 3 is 3.06 bits per heavy atom. The molecule has 1 rings (SSSR count). The summed E-state index contributed by atoms with van der Waals surface area (Å²) in [7, 11) is 0. The summed E-state index contributed by atoms with van der Waals surface area (Å²) in [6.45, 7) is 3.76. The number of hydrogen-bond acceptors (Lipinski definition) is 5. The molecule has 0 fully saturated rings. The third kappa shape index (κ3) is 3.13. The van der Waals surface area contributed by atoms with Crippen LogP contribution in [-0.4, -0.2) is 22.8 Å². The van der Waals surface area contributed by atoms with E-state index in [0.717, 1.165) is 5.69 Å². The fourth-order valence-electron chi connectivity index (χ4n) is 0.984. The fraction of sp³-hybridized carbons (Fsp3) is 0.300. The Morgan fingerprint density at radius 2 is 2.56 bits per heavy atom. The first-order valence-corrected chi connectivity index (χ1v) is 4.73. The molecular weight excluding hydrogens is 208 g/mol. The lowest BCUT2D eigenvalue weighted by molar-refractivity contribution is -0.138. The Hall–Kier alpha value is -2.29. The number of carbonyl (C=O) groups excluding carboxylic acids is 1. The number of anilines is 1. The molecule has 0 amide bonds. The van der Waals surface area contributed by atoms with Gasteiger partial charge in [0.05, 0.1) is 6.61 Å². The Labute approximate surface area is 92.9 Å². The van der Waals surface area contributed by atoms with Crippen molar-refractivity contribution in [3.05, 3.63) is 23.5 Å². The van der Waals surface area contributed by atoms with Crippen molar-refractivity contribution < 1.29 is 9.53 Å². The molecule has 2 N–H and O–H groups in total. The van der Waals surface area contributed by atoms with Gasteiger partial charge in [-0.05, 0) is 13.8 Å². The Balaban J connectivity index is 2.67. The monoisotopic (exact) mass is 220 g/mol. The van der Waals surface area contributed by atoms with Crippen molar-refractivity contribution in [1.29, 1.82) is 5.26 Å². The number of aromatic nitrogens is 2. The van der Waals surface area contributed by atoms with Gasteiger partial charge in [0.2, 0.25) is 0 Å². The molecule has 16 heavy (non-hydrogen) atoms. The van der Waals surface area contributed by atoms with Crippen LogP contribution in [0.15, 0.2) is 17.8 Å². The van der Waals surface area contributed by atoms with Gasteiger partial charge in [-0.15, -0.1) is 0 Å². The maximum atomic E-state index is 11.2. The minimum absolute atomic E-state index is 0.0949. The van der Waals surface area contributed by atoms with E-state index in [0.29, 0.717) is 5.82 Å². The summed E-state index contributed by atoms with van der Waals surface area (Å²) >= 11 is 0. The van der Waals surface area contributed by atoms with E-state index in [9.17, 15) is 4.79 Å². The molecule has 0 atom stereocenters. The molecule has 1 aromatic heterocycles. The molecule has 0 bridgehead atoms. The van der Waals surface area contributed by atoms with Crippen LogP contribution in [0.25, 0.3) is 0 Å². The second kappa shape index (κ2) is 5.56. The van der Waals surface area contributed by atoms with E-state index in [4.69, 9.17) is 10.00 Å². The first-order chi connectivity index (χ1) is 7.67. The summed E-state index contributed by atoms with van der Waals surface area (Å²) in [5.74, 6) is -0.112. The summed E-state index contributed by atoms with van der Waals surface area (Å²) in [4.78, 5) is 11.2. The lowest BCUT2D eigenvalue weighted by Gasteiger charge is -1.99. The van der Waals surface area contributed by atoms with Gasteiger partial charge in [0.15, 0.2) is 11.4 Å². The van der Waals surface area contributed by atoms with Crippen LogP contribution in [0.1, 0.15) is 12.6 Å². The van der Waals surface area contributed by atoms with Crippen LogP contribution in [0.5, 0.6) is 0 Å². The maximum absolute atomic E-state index is 11.2. The van der Waals surface area contributed by atoms with Crippen LogP contribution >= 0.6 is 0 Å². The second-order valence-corrected chi connectivity index (χ2v) is 2.97. The molecule has 1 aromatic rings. The SMILES string of the molecule is CCOC(=O)/C(C#N)=C/Nc1cc(C)[nH]n1. The number of aromatic amines is 1. The van der Waals surface area contributed by atoms with Gasteiger partial charge in [-0.3, -0.25) is 5.10 Å². The number of ether oxygens (including phenoxy) is 1. The quantitative estimate of drug-likeness (QED) is 0.450. The van der Waals surface area contributed by atoms with Crippen LogP contribution < -0.4 is 5.32 Å². The number of esters is 1. The van der Waals surface area contributed by atoms with Gasteiger partial charge in [0.1, 0.15) is 6.07 Å². The molecule has 0 aliphatic heterocycles. The highest BCUT2D eigenvalue weighted by atomic mass is 16.5. The second-order valence-electron chi connectivity index (χ2n) is 2.97. The molecule has 0 saturated heterocycles. The van der Waals surface area contributed by atoms with Gasteiger partial charge in [-0.2, -0.15) is 10.4 Å². The predicted molar refractivity (Wildman–Crippen MR) is 57.3 cm³/mol. The standard InChI is InChI=1S/C10H12N4O2/c1-3-16-10(15)8(5-11)6-12-9-4-7(2)13-14-9/h4,6H,3H2,1-2H3,(H2,12,13,14)/b8-6+. The molecule has 84 valence electrons. The van der Waals surface area contributed by atoms with Crippen molar-refractivity contribution in [3.63, 3.8) is 0 Å². The number of nitrogens with zero attached hydrogens (tertiary/aromatic N) is 2. The molecule has 0 saturated carbocycles. The maximum Gasteiger partial charge on any atom is 0.350 e. The molecule has 0 spiro atoms. The highest BCUT2D eigenvalue weighted by molar-refractivity contribution is 5.93. The smallest absolute Gasteiger partial charge is 0.350 e. The average Bonchev–Trinajstić information content (AvgIpc) is 2.65. The van der Waals surface area contributed by atoms with Crippen molar-refractivity contribution in [2.45, 2.75) is 13.8 Å². The van der Waals surface area contributed by atoms with Gasteiger partial charge >= 0.3 is 5.97 Å². The Morgan fingerprint density at radius 1 is 1.81 bits per heavy atom. The zero-order valence-corrected chi connectivity index (χ0v) is 9.07. The third-order valence-corrected chi connectivity index (χ3v) is 1.69. The van der Waals surface area contributed by atoms with Gasteiger partial charge < -0.3 is 10.1 Å². The van der Waals surface area contributed by atoms with E-state index >= 15 is 0 Å². The summed E-state index contributed by atoms with van der Waals surface area (Å²) in [6, 6.07) is 3.50. The van der Waals surface area contributed by atoms with Crippen LogP contribution in [0.3, 0.4) is 0 Å². The van der Waals surface area contributed by atoms with E-state index in [-0.39, 0.29) is 12.2 Å². The summed E-state index contributed by atoms with van der Waals surface area (Å²) in [6.07, 6.45) is 1.27. The van der Waals surface area contributed by atoms with Crippen molar-refractivity contribution in [2.24, 2.45) is 0 Å². The minimum Gasteiger partial charge on any atom is -0.462 e. The molecule has 6 heteroatoms. The third-order valence-electron chi connectivity index (χ3n) is 1.69. The summed E-state index contributed by atoms with van der Waals surface area (Å²) in [5, 5.41) is 18.1. The number of H-pyrrole nitrogens is 1. The number of aryl methyl sites for hydroxylation is 1. The summed E-state index contributed by atoms with van der Waals surface area (Å²) < 4.78 is 4.69. The van der Waals surface area contributed by atoms with Crippen molar-refractivity contribution in [1.82, 2.24) is 10.2 Å². The Kier molecular flexibility index (Phi) is 4.09. The molecule has 0 aliphatic carbocycles. The zero-order valence-electron chi connectivity index (χ0n) is 9.07. The molecule has 6 nitrogen and oxygen atoms in total. The predicted octanol–water partition coefficient (Wildman–Crippen LogP) is 1.10. The van der Waals surface area contributed by atoms with E-state index in [2.05, 4.69) is 15.5 Å². The lowest BCUT2D eigenvalue weighted by atomic mass is 10.3. The van der Waals surface area contributed by atoms with E-state index < -0.39 is 5.97 Å². The van der Waals surface area contributed by atoms with Crippen LogP contribution in [0.4, 0.5) is 5.82 Å². The first-order valence-electron chi connectivity index (χ1n) is 4.73. The van der Waals surface area contributed by atoms with Crippen molar-refractivity contribution in [2.75, 3.05) is 11.9 Å². The van der Waals surface area contributed by atoms with Gasteiger partial charge in [0, 0.05) is 18.0 Å². The van der Waals surface area contributed by atoms with Gasteiger partial charge in [0.25, 0.3) is 0 Å². The normalized spacial score (nSPS) is 10.7. The number of hydrogen-bond donors (Lipinski definition) is 2. The minimum atomic E-state index is -0.648. The zero-order chi connectivity index (χ0) is 12.0. The highest BCUT2D eigenvalue weighted by Gasteiger charge is 2.09. The highest BCUT2D eigenvalue weighted by Crippen LogP contribution is 2.05. The van der Waals surface area contributed by atoms with Gasteiger partial charge in [-0.1, -0.05) is 0 Å². The van der Waals surface area contributed by atoms with E-state index in [1.165, 1.54) is 6.20 Å². The Bertz CT molecular complexity index is 442.